The Labute approximate surface area is 301 Å². The van der Waals surface area contributed by atoms with Gasteiger partial charge in [0.2, 0.25) is 0 Å². The van der Waals surface area contributed by atoms with Crippen LogP contribution in [0.5, 0.6) is 34.5 Å². The van der Waals surface area contributed by atoms with Crippen molar-refractivity contribution in [2.75, 3.05) is 0 Å². The van der Waals surface area contributed by atoms with E-state index in [0.29, 0.717) is 34.5 Å². The second-order valence-electron chi connectivity index (χ2n) is 8.93. The predicted octanol–water partition coefficient (Wildman–Crippen LogP) is 8.12. The molecule has 0 atom stereocenters. The summed E-state index contributed by atoms with van der Waals surface area (Å²) in [5, 5.41) is 0. The number of hydrogen-bond acceptors (Lipinski definition) is 8. The number of para-hydroxylation sites is 6. The van der Waals surface area contributed by atoms with Crippen LogP contribution in [0.2, 0.25) is 0 Å². The molecule has 0 aromatic heterocycles. The van der Waals surface area contributed by atoms with Crippen LogP contribution in [0.3, 0.4) is 0 Å². The van der Waals surface area contributed by atoms with Crippen molar-refractivity contribution in [3.05, 3.63) is 187 Å². The molecule has 8 nitrogen and oxygen atoms in total. The van der Waals surface area contributed by atoms with Gasteiger partial charge in [-0.15, -0.1) is 0 Å². The van der Waals surface area contributed by atoms with E-state index in [0.717, 1.165) is 0 Å². The van der Waals surface area contributed by atoms with Gasteiger partial charge in [-0.25, -0.2) is 0 Å². The smallest absolute Gasteiger partial charge is 0.530 e. The molecule has 12 heteroatoms. The molecule has 0 unspecified atom stereocenters. The van der Waals surface area contributed by atoms with E-state index in [4.69, 9.17) is 32.0 Å². The Bertz CT molecular complexity index is 1350. The standard InChI is InChI=1S/2C18H15O3P.BrH.NO.Ni/c2*1-4-10-16(11-5-1)19-22(20-17-12-6-2-7-13-17)21-18-14-8-3-9-15-18;;1-2;/h2*1-15H;1H;;/q;;;-1;+2/p-1. The fraction of sp³-hybridized carbons (Fsp3) is 0. The average molecular weight is 789 g/mol. The van der Waals surface area contributed by atoms with Gasteiger partial charge in [-0.2, -0.15) is 0 Å². The third-order valence-corrected chi connectivity index (χ3v) is 7.70. The normalized spacial score (nSPS) is 9.67. The Balaban J connectivity index is 0.000000236. The van der Waals surface area contributed by atoms with Crippen LogP contribution in [-0.2, 0) is 15.7 Å². The zero-order chi connectivity index (χ0) is 32.8. The minimum Gasteiger partial charge on any atom is -1.00 e. The molecule has 0 saturated carbocycles. The molecule has 0 aliphatic heterocycles. The van der Waals surface area contributed by atoms with Crippen LogP contribution in [0, 0.1) is 4.91 Å². The van der Waals surface area contributed by atoms with Crippen molar-refractivity contribution in [3.63, 3.8) is 0 Å². The van der Waals surface area contributed by atoms with Crippen LogP contribution in [0.25, 0.3) is 0 Å². The minimum absolute atomic E-state index is 0. The molecule has 6 aromatic rings. The Hall–Kier alpha value is -4.45. The van der Waals surface area contributed by atoms with Gasteiger partial charge in [-0.05, 0) is 72.8 Å². The summed E-state index contributed by atoms with van der Waals surface area (Å²) in [5.41, 5.74) is 0. The molecule has 6 aromatic carbocycles. The summed E-state index contributed by atoms with van der Waals surface area (Å²) in [6, 6.07) is 57.0. The molecule has 0 fully saturated rings. The molecule has 0 heterocycles. The molecule has 0 aliphatic carbocycles. The molecule has 0 radical (unpaired) electrons. The Morgan fingerprint density at radius 1 is 0.333 bits per heavy atom. The molecule has 6 rings (SSSR count). The van der Waals surface area contributed by atoms with Crippen molar-refractivity contribution < 1.29 is 59.8 Å². The molecule has 248 valence electrons. The van der Waals surface area contributed by atoms with Gasteiger partial charge in [0, 0.05) is 0 Å². The number of benzene rings is 6. The zero-order valence-electron chi connectivity index (χ0n) is 25.2. The van der Waals surface area contributed by atoms with Crippen molar-refractivity contribution in [1.82, 2.24) is 0 Å². The summed E-state index contributed by atoms with van der Waals surface area (Å²) in [7, 11) is -3.18. The van der Waals surface area contributed by atoms with Crippen molar-refractivity contribution >= 4 is 17.2 Å². The van der Waals surface area contributed by atoms with Gasteiger partial charge in [-0.3, -0.25) is 0 Å². The maximum absolute atomic E-state index is 8.39. The summed E-state index contributed by atoms with van der Waals surface area (Å²) >= 11 is 3.24. The Morgan fingerprint density at radius 2 is 0.458 bits per heavy atom. The topological polar surface area (TPSA) is 84.8 Å². The van der Waals surface area contributed by atoms with E-state index in [1.54, 1.807) is 0 Å². The van der Waals surface area contributed by atoms with E-state index in [2.05, 4.69) is 15.7 Å². The summed E-state index contributed by atoms with van der Waals surface area (Å²) < 4.78 is 36.9. The van der Waals surface area contributed by atoms with Crippen LogP contribution >= 0.6 is 17.2 Å². The Morgan fingerprint density at radius 3 is 0.583 bits per heavy atom. The Kier molecular flexibility index (Phi) is 18.2. The molecular weight excluding hydrogens is 759 g/mol. The summed E-state index contributed by atoms with van der Waals surface area (Å²) in [6.07, 6.45) is 0. The molecule has 0 bridgehead atoms. The van der Waals surface area contributed by atoms with Crippen LogP contribution in [0.15, 0.2) is 186 Å². The molecule has 0 saturated heterocycles. The van der Waals surface area contributed by atoms with E-state index in [-0.39, 0.29) is 17.0 Å². The van der Waals surface area contributed by atoms with E-state index in [9.17, 15) is 0 Å². The maximum atomic E-state index is 8.39. The molecule has 0 N–H and O–H groups in total. The predicted molar refractivity (Wildman–Crippen MR) is 182 cm³/mol. The van der Waals surface area contributed by atoms with Gasteiger partial charge in [-0.1, -0.05) is 109 Å². The minimum atomic E-state index is -1.59. The number of nitrogens with zero attached hydrogens (tertiary/aromatic N) is 1. The molecule has 0 amide bonds. The first-order valence-corrected chi connectivity index (χ1v) is 16.7. The zero-order valence-corrected chi connectivity index (χ0v) is 29.6. The van der Waals surface area contributed by atoms with Crippen molar-refractivity contribution in [1.29, 1.82) is 0 Å². The number of rotatable bonds is 12. The van der Waals surface area contributed by atoms with Crippen LogP contribution in [0.1, 0.15) is 0 Å². The molecule has 0 spiro atoms. The van der Waals surface area contributed by atoms with E-state index in [1.807, 2.05) is 186 Å². The van der Waals surface area contributed by atoms with Crippen molar-refractivity contribution in [2.45, 2.75) is 0 Å². The van der Waals surface area contributed by atoms with Gasteiger partial charge < -0.3 is 44.1 Å². The maximum Gasteiger partial charge on any atom is 0.530 e. The van der Waals surface area contributed by atoms with Crippen LogP contribution < -0.4 is 44.1 Å². The number of nitroso groups, excluding NO2 is 1. The van der Waals surface area contributed by atoms with Crippen molar-refractivity contribution in [2.24, 2.45) is 4.26 Å². The average Bonchev–Trinajstić information content (AvgIpc) is 3.12. The summed E-state index contributed by atoms with van der Waals surface area (Å²) in [6.45, 7) is 0. The van der Waals surface area contributed by atoms with Crippen LogP contribution in [-0.4, -0.2) is 0 Å². The van der Waals surface area contributed by atoms with Gasteiger partial charge in [0.25, 0.3) is 0 Å². The monoisotopic (exact) mass is 787 g/mol. The largest absolute Gasteiger partial charge is 1.00 e. The number of hydrogen-bond donors (Lipinski definition) is 0. The second-order valence-corrected chi connectivity index (χ2v) is 11.1. The van der Waals surface area contributed by atoms with E-state index >= 15 is 0 Å². The third kappa shape index (κ3) is 15.0. The van der Waals surface area contributed by atoms with Gasteiger partial charge in [0.1, 0.15) is 34.5 Å². The SMILES string of the molecule is O=[N][Ni+].[Br-].c1ccc(OP(Oc2ccccc2)Oc2ccccc2)cc1.c1ccc(OP(Oc2ccccc2)Oc2ccccc2)cc1. The first kappa shape index (κ1) is 38.0. The quantitative estimate of drug-likeness (QED) is 0.0704. The van der Waals surface area contributed by atoms with Gasteiger partial charge >= 0.3 is 42.0 Å². The van der Waals surface area contributed by atoms with Crippen molar-refractivity contribution in [3.8, 4) is 34.5 Å². The molecule has 48 heavy (non-hydrogen) atoms. The second kappa shape index (κ2) is 23.0. The first-order valence-electron chi connectivity index (χ1n) is 14.1. The fourth-order valence-corrected chi connectivity index (χ4v) is 5.50. The fourth-order valence-electron chi connectivity index (χ4n) is 3.52. The first-order chi connectivity index (χ1) is 23.2. The van der Waals surface area contributed by atoms with Gasteiger partial charge in [0.15, 0.2) is 0 Å². The summed E-state index contributed by atoms with van der Waals surface area (Å²) in [4.78, 5) is 8.39. The third-order valence-electron chi connectivity index (χ3n) is 5.54. The summed E-state index contributed by atoms with van der Waals surface area (Å²) in [5.74, 6) is 4.25. The van der Waals surface area contributed by atoms with Crippen LogP contribution in [0.4, 0.5) is 0 Å². The van der Waals surface area contributed by atoms with E-state index < -0.39 is 17.2 Å². The number of halogens is 1. The molecular formula is C36H30BrNNiO7P2. The van der Waals surface area contributed by atoms with Gasteiger partial charge in [0.05, 0.1) is 0 Å². The molecule has 0 aliphatic rings. The van der Waals surface area contributed by atoms with E-state index in [1.165, 1.54) is 0 Å².